The highest BCUT2D eigenvalue weighted by molar-refractivity contribution is 6.31. The van der Waals surface area contributed by atoms with E-state index in [-0.39, 0.29) is 126 Å². The van der Waals surface area contributed by atoms with Crippen molar-refractivity contribution < 1.29 is 85.4 Å². The minimum Gasteiger partial charge on any atom is -0.396 e. The van der Waals surface area contributed by atoms with Crippen molar-refractivity contribution in [2.24, 2.45) is 21.7 Å². The number of benzene rings is 4. The summed E-state index contributed by atoms with van der Waals surface area (Å²) in [6.45, 7) is 26.8. The molecule has 4 atom stereocenters. The Balaban J connectivity index is 0.000000187. The Bertz CT molecular complexity index is 5060. The van der Waals surface area contributed by atoms with Gasteiger partial charge in [-0.25, -0.2) is 36.3 Å². The number of hydrogen-bond acceptors (Lipinski definition) is 19. The number of fused-ring (bicyclic) bond motifs is 4. The van der Waals surface area contributed by atoms with E-state index in [0.29, 0.717) is 109 Å². The van der Waals surface area contributed by atoms with Crippen LogP contribution in [-0.2, 0) is 85.4 Å². The largest absolute Gasteiger partial charge is 0.396 e. The molecule has 4 aliphatic rings. The van der Waals surface area contributed by atoms with E-state index in [2.05, 4.69) is 57.2 Å². The van der Waals surface area contributed by atoms with Gasteiger partial charge >= 0.3 is 0 Å². The van der Waals surface area contributed by atoms with Crippen LogP contribution in [0.25, 0.3) is 22.7 Å². The molecule has 0 saturated carbocycles. The molecule has 29 nitrogen and oxygen atoms in total. The third kappa shape index (κ3) is 24.4. The van der Waals surface area contributed by atoms with Crippen molar-refractivity contribution >= 4 is 93.4 Å². The first-order valence-electron chi connectivity index (χ1n) is 40.8. The zero-order valence-electron chi connectivity index (χ0n) is 72.0. The number of carbonyl (C=O) groups excluding carboxylic acids is 8. The highest BCUT2D eigenvalue weighted by Crippen LogP contribution is 2.35. The van der Waals surface area contributed by atoms with E-state index in [9.17, 15) is 55.9 Å². The maximum absolute atomic E-state index is 14.7. The van der Waals surface area contributed by atoms with Gasteiger partial charge in [0, 0.05) is 106 Å². The van der Waals surface area contributed by atoms with E-state index in [1.807, 2.05) is 90.1 Å². The van der Waals surface area contributed by atoms with E-state index in [4.69, 9.17) is 75.9 Å². The monoisotopic (exact) mass is 1800 g/mol. The van der Waals surface area contributed by atoms with Crippen LogP contribution in [0.5, 0.6) is 0 Å². The average molecular weight is 1810 g/mol. The first-order chi connectivity index (χ1) is 58.4. The molecule has 0 saturated heterocycles. The van der Waals surface area contributed by atoms with Gasteiger partial charge < -0.3 is 66.3 Å². The Morgan fingerprint density at radius 3 is 1.19 bits per heavy atom. The summed E-state index contributed by atoms with van der Waals surface area (Å²) < 4.78 is 80.4. The Hall–Kier alpha value is -9.52. The van der Waals surface area contributed by atoms with E-state index >= 15 is 0 Å². The predicted octanol–water partition coefficient (Wildman–Crippen LogP) is 11.4. The molecule has 37 heteroatoms. The lowest BCUT2D eigenvalue weighted by atomic mass is 9.82. The minimum absolute atomic E-state index is 0.0376. The Morgan fingerprint density at radius 2 is 0.782 bits per heavy atom. The number of amides is 6. The normalized spacial score (nSPS) is 15.0. The molecule has 9 N–H and O–H groups in total. The van der Waals surface area contributed by atoms with Crippen LogP contribution in [0, 0.1) is 44.9 Å². The van der Waals surface area contributed by atoms with E-state index in [0.717, 1.165) is 24.2 Å². The second-order valence-electron chi connectivity index (χ2n) is 34.6. The fourth-order valence-electron chi connectivity index (χ4n) is 14.5. The molecule has 4 aliphatic heterocycles. The van der Waals surface area contributed by atoms with Crippen LogP contribution in [0.4, 0.5) is 17.6 Å². The highest BCUT2D eigenvalue weighted by atomic mass is 35.5. The number of Topliss-reactive ketones (excluding diaryl/α,β-unsaturated/α-hetero) is 2. The Labute approximate surface area is 737 Å². The van der Waals surface area contributed by atoms with Gasteiger partial charge in [0.1, 0.15) is 58.1 Å². The standard InChI is InChI=1S/C23H30ClFN4O2.C22H27ClFN3O4.2C21H26ClFN4O4/c1-6-19(30)21(23(2,3)4)26-22(31)20-15-13-28(5)11-7-8-17(15)29(27-20)18-12-14(24)9-10-16(18)25;1-22(2,3)20(18(29)5-4-9-28)25-21(30)19-14-12-31-10-8-16(14)27(26-19)17-11-13(23)6-7-15(17)24;1-21(2,3)18(20(30)24-7-8-28)25-19(29)17-13-11-31-9-6-15(13)27(26-17)16-5-4-12(22)10-14(16)23;1-21(2,3)18(20(30)24-7-8-28)25-19(29)17-13-6-9-31-11-16(13)27(26-17)15-5-4-12(22)10-14(15)23/h9-10,12,21H,6-8,11,13H2,1-5H3,(H,26,31);6-7,11,20,28H,4-5,8-10,12H2,1-3H3,(H,25,30);2*4-5,10,18,28H,6-9,11H2,1-3H3,(H,24,30)(H,25,29)/t21-;20-;2*18-/m1111/s1. The summed E-state index contributed by atoms with van der Waals surface area (Å²) in [5.74, 6) is -5.19. The fraction of sp³-hybridized carbons (Fsp3) is 0.494. The van der Waals surface area contributed by atoms with Crippen LogP contribution in [0.15, 0.2) is 72.8 Å². The first-order valence-corrected chi connectivity index (χ1v) is 42.3. The number of aromatic nitrogens is 8. The van der Waals surface area contributed by atoms with Crippen molar-refractivity contribution in [1.82, 2.24) is 75.9 Å². The van der Waals surface area contributed by atoms with Crippen LogP contribution in [-0.4, -0.2) is 197 Å². The molecular formula is C87H109Cl4F4N15O14. The van der Waals surface area contributed by atoms with Gasteiger partial charge in [-0.3, -0.25) is 38.4 Å². The number of hydrogen-bond donors (Lipinski definition) is 9. The number of aliphatic hydroxyl groups excluding tert-OH is 3. The molecule has 12 rings (SSSR count). The number of nitrogens with zero attached hydrogens (tertiary/aromatic N) is 9. The van der Waals surface area contributed by atoms with Crippen molar-refractivity contribution in [2.45, 2.75) is 192 Å². The lowest BCUT2D eigenvalue weighted by molar-refractivity contribution is -0.126. The van der Waals surface area contributed by atoms with Crippen LogP contribution < -0.4 is 31.9 Å². The third-order valence-electron chi connectivity index (χ3n) is 20.8. The maximum atomic E-state index is 14.7. The predicted molar refractivity (Wildman–Crippen MR) is 459 cm³/mol. The van der Waals surface area contributed by atoms with Gasteiger partial charge in [0.25, 0.3) is 23.6 Å². The lowest BCUT2D eigenvalue weighted by Gasteiger charge is -2.30. The number of ketones is 2. The summed E-state index contributed by atoms with van der Waals surface area (Å²) in [5, 5.41) is 62.3. The second kappa shape index (κ2) is 42.6. The molecule has 0 fully saturated rings. The van der Waals surface area contributed by atoms with Crippen molar-refractivity contribution in [3.05, 3.63) is 184 Å². The number of aliphatic hydroxyl groups is 3. The number of carbonyl (C=O) groups is 8. The molecule has 0 bridgehead atoms. The SMILES string of the molecule is CC(C)(C)[C@H](NC(=O)c1nn(-c2cc(Cl)ccc2F)c2c1COCC2)C(=O)CCCO.CC(C)(C)[C@H](NC(=O)c1nn(-c2ccc(Cl)cc2F)c2c1CCOC2)C(=O)NCCO.CC(C)(C)[C@H](NC(=O)c1nn(-c2ccc(Cl)cc2F)c2c1COCC2)C(=O)NCCO.CCC(=O)[C@@H](NC(=O)c1nn(-c2cc(Cl)ccc2F)c2c1CN(C)CCC2)C(C)(C)C. The number of halogens is 8. The third-order valence-corrected chi connectivity index (χ3v) is 21.8. The van der Waals surface area contributed by atoms with Gasteiger partial charge in [-0.05, 0) is 127 Å². The van der Waals surface area contributed by atoms with Gasteiger partial charge in [-0.1, -0.05) is 136 Å². The van der Waals surface area contributed by atoms with Gasteiger partial charge in [-0.2, -0.15) is 20.4 Å². The van der Waals surface area contributed by atoms with Crippen LogP contribution in [0.2, 0.25) is 20.1 Å². The van der Waals surface area contributed by atoms with E-state index in [1.165, 1.54) is 79.4 Å². The molecule has 0 aliphatic carbocycles. The number of ether oxygens (including phenoxy) is 3. The maximum Gasteiger partial charge on any atom is 0.272 e. The Kier molecular flexibility index (Phi) is 33.8. The second-order valence-corrected chi connectivity index (χ2v) is 36.4. The smallest absolute Gasteiger partial charge is 0.272 e. The highest BCUT2D eigenvalue weighted by Gasteiger charge is 2.41. The molecule has 124 heavy (non-hydrogen) atoms. The summed E-state index contributed by atoms with van der Waals surface area (Å²) >= 11 is 23.9. The first kappa shape index (κ1) is 98.3. The zero-order valence-corrected chi connectivity index (χ0v) is 75.0. The minimum atomic E-state index is -0.871. The lowest BCUT2D eigenvalue weighted by Crippen LogP contribution is -2.54. The van der Waals surface area contributed by atoms with Gasteiger partial charge in [0.15, 0.2) is 34.3 Å². The number of rotatable bonds is 24. The average Bonchev–Trinajstić information content (AvgIpc) is 1.63. The van der Waals surface area contributed by atoms with Crippen molar-refractivity contribution in [3.63, 3.8) is 0 Å². The van der Waals surface area contributed by atoms with Crippen molar-refractivity contribution in [2.75, 3.05) is 66.3 Å². The zero-order chi connectivity index (χ0) is 91.2. The molecule has 0 spiro atoms. The van der Waals surface area contributed by atoms with Gasteiger partial charge in [0.05, 0.1) is 82.0 Å². The molecule has 672 valence electrons. The molecule has 6 amide bonds. The molecular weight excluding hydrogens is 1700 g/mol. The molecule has 0 unspecified atom stereocenters. The van der Waals surface area contributed by atoms with Crippen molar-refractivity contribution in [3.8, 4) is 22.7 Å². The molecule has 8 aromatic rings. The topological polar surface area (TPSA) is 372 Å². The van der Waals surface area contributed by atoms with Gasteiger partial charge in [0.2, 0.25) is 11.8 Å². The fourth-order valence-corrected chi connectivity index (χ4v) is 15.1. The summed E-state index contributed by atoms with van der Waals surface area (Å²) in [7, 11) is 1.98. The van der Waals surface area contributed by atoms with Crippen LogP contribution in [0.1, 0.15) is 203 Å². The van der Waals surface area contributed by atoms with Crippen molar-refractivity contribution in [1.29, 1.82) is 0 Å². The molecule has 4 aromatic carbocycles. The Morgan fingerprint density at radius 1 is 0.427 bits per heavy atom. The number of nitrogens with one attached hydrogen (secondary N) is 6. The summed E-state index contributed by atoms with van der Waals surface area (Å²) in [4.78, 5) is 105. The summed E-state index contributed by atoms with van der Waals surface area (Å²) in [6.07, 6.45) is 3.67. The van der Waals surface area contributed by atoms with Crippen LogP contribution in [0.3, 0.4) is 0 Å². The molecule has 8 heterocycles. The summed E-state index contributed by atoms with van der Waals surface area (Å²) in [6, 6.07) is 13.7. The molecule has 0 radical (unpaired) electrons. The van der Waals surface area contributed by atoms with Gasteiger partial charge in [-0.15, -0.1) is 0 Å². The van der Waals surface area contributed by atoms with E-state index < -0.39 is 105 Å². The summed E-state index contributed by atoms with van der Waals surface area (Å²) in [5.41, 5.74) is 4.29. The van der Waals surface area contributed by atoms with E-state index in [1.54, 1.807) is 19.1 Å². The van der Waals surface area contributed by atoms with Crippen LogP contribution >= 0.6 is 46.4 Å². The molecule has 4 aromatic heterocycles. The quantitative estimate of drug-likeness (QED) is 0.0254.